The van der Waals surface area contributed by atoms with Gasteiger partial charge in [0.15, 0.2) is 0 Å². The van der Waals surface area contributed by atoms with Crippen molar-refractivity contribution in [2.24, 2.45) is 0 Å². The predicted molar refractivity (Wildman–Crippen MR) is 87.2 cm³/mol. The largest absolute Gasteiger partial charge is 0.378 e. The maximum Gasteiger partial charge on any atom is 0.0576 e. The molecule has 0 bridgehead atoms. The summed E-state index contributed by atoms with van der Waals surface area (Å²) in [6.45, 7) is 6.89. The third kappa shape index (κ3) is 8.72. The van der Waals surface area contributed by atoms with Crippen LogP contribution in [0.1, 0.15) is 57.8 Å². The van der Waals surface area contributed by atoms with Crippen molar-refractivity contribution in [3.8, 4) is 0 Å². The molecule has 0 spiro atoms. The van der Waals surface area contributed by atoms with Gasteiger partial charge in [-0.2, -0.15) is 0 Å². The average Bonchev–Trinajstić information content (AvgIpc) is 2.50. The normalized spacial score (nSPS) is 22.9. The molecule has 0 aromatic rings. The first-order chi connectivity index (χ1) is 9.86. The van der Waals surface area contributed by atoms with Crippen LogP contribution >= 0.6 is 0 Å². The van der Waals surface area contributed by atoms with E-state index in [2.05, 4.69) is 24.3 Å². The highest BCUT2D eigenvalue weighted by atomic mass is 16.5. The van der Waals surface area contributed by atoms with Gasteiger partial charge < -0.3 is 15.4 Å². The number of hydrogen-bond donors (Lipinski definition) is 2. The quantitative estimate of drug-likeness (QED) is 0.426. The molecule has 0 saturated heterocycles. The molecule has 1 fully saturated rings. The fourth-order valence-corrected chi connectivity index (χ4v) is 2.80. The summed E-state index contributed by atoms with van der Waals surface area (Å²) in [5, 5.41) is 6.80. The maximum atomic E-state index is 5.98. The van der Waals surface area contributed by atoms with Crippen LogP contribution in [0.15, 0.2) is 12.7 Å². The summed E-state index contributed by atoms with van der Waals surface area (Å²) in [4.78, 5) is 0. The minimum Gasteiger partial charge on any atom is -0.378 e. The Morgan fingerprint density at radius 1 is 1.05 bits per heavy atom. The molecule has 20 heavy (non-hydrogen) atoms. The van der Waals surface area contributed by atoms with Crippen LogP contribution in [-0.2, 0) is 4.74 Å². The summed E-state index contributed by atoms with van der Waals surface area (Å²) in [6.07, 6.45) is 13.7. The van der Waals surface area contributed by atoms with Gasteiger partial charge >= 0.3 is 0 Å². The summed E-state index contributed by atoms with van der Waals surface area (Å²) in [7, 11) is 2.07. The molecule has 0 aromatic heterocycles. The number of unbranched alkanes of at least 4 members (excludes halogenated alkanes) is 3. The fraction of sp³-hybridized carbons (Fsp3) is 0.882. The van der Waals surface area contributed by atoms with E-state index in [1.165, 1.54) is 51.4 Å². The van der Waals surface area contributed by atoms with Gasteiger partial charge in [0, 0.05) is 12.6 Å². The van der Waals surface area contributed by atoms with Gasteiger partial charge in [0.25, 0.3) is 0 Å². The fourth-order valence-electron chi connectivity index (χ4n) is 2.80. The van der Waals surface area contributed by atoms with Gasteiger partial charge in [0.2, 0.25) is 0 Å². The lowest BCUT2D eigenvalue weighted by molar-refractivity contribution is 0.0210. The summed E-state index contributed by atoms with van der Waals surface area (Å²) in [6, 6.07) is 0.725. The van der Waals surface area contributed by atoms with Crippen LogP contribution in [0.5, 0.6) is 0 Å². The molecule has 0 radical (unpaired) electrons. The Morgan fingerprint density at radius 2 is 1.80 bits per heavy atom. The van der Waals surface area contributed by atoms with Gasteiger partial charge in [-0.3, -0.25) is 0 Å². The third-order valence-corrected chi connectivity index (χ3v) is 4.21. The van der Waals surface area contributed by atoms with Gasteiger partial charge in [-0.15, -0.1) is 6.58 Å². The average molecular weight is 282 g/mol. The van der Waals surface area contributed by atoms with Crippen LogP contribution in [0.4, 0.5) is 0 Å². The van der Waals surface area contributed by atoms with Crippen molar-refractivity contribution < 1.29 is 4.74 Å². The van der Waals surface area contributed by atoms with Gasteiger partial charge in [-0.25, -0.2) is 0 Å². The molecule has 0 aromatic carbocycles. The van der Waals surface area contributed by atoms with E-state index in [9.17, 15) is 0 Å². The Morgan fingerprint density at radius 3 is 2.50 bits per heavy atom. The van der Waals surface area contributed by atoms with E-state index in [1.54, 1.807) is 0 Å². The van der Waals surface area contributed by atoms with Crippen LogP contribution in [0, 0.1) is 0 Å². The van der Waals surface area contributed by atoms with Crippen LogP contribution in [0.25, 0.3) is 0 Å². The van der Waals surface area contributed by atoms with Crippen molar-refractivity contribution >= 4 is 0 Å². The van der Waals surface area contributed by atoms with Crippen molar-refractivity contribution in [2.75, 3.05) is 26.7 Å². The van der Waals surface area contributed by atoms with Crippen LogP contribution in [-0.4, -0.2) is 38.9 Å². The Kier molecular flexibility index (Phi) is 10.9. The van der Waals surface area contributed by atoms with Crippen LogP contribution < -0.4 is 10.6 Å². The molecule has 0 unspecified atom stereocenters. The molecule has 1 aliphatic carbocycles. The van der Waals surface area contributed by atoms with Crippen molar-refractivity contribution in [1.29, 1.82) is 0 Å². The van der Waals surface area contributed by atoms with E-state index >= 15 is 0 Å². The highest BCUT2D eigenvalue weighted by Crippen LogP contribution is 2.21. The second kappa shape index (κ2) is 12.4. The second-order valence-corrected chi connectivity index (χ2v) is 5.87. The first-order valence-corrected chi connectivity index (χ1v) is 8.47. The topological polar surface area (TPSA) is 33.3 Å². The Bertz CT molecular complexity index is 225. The van der Waals surface area contributed by atoms with E-state index in [1.807, 2.05) is 6.08 Å². The Hall–Kier alpha value is -0.380. The van der Waals surface area contributed by atoms with Crippen LogP contribution in [0.3, 0.4) is 0 Å². The SMILES string of the molecule is C=CCCNCCCCCCOC1CCC(NC)CC1. The lowest BCUT2D eigenvalue weighted by Gasteiger charge is -2.28. The molecule has 118 valence electrons. The highest BCUT2D eigenvalue weighted by molar-refractivity contribution is 4.76. The molecule has 1 aliphatic rings. The molecule has 0 atom stereocenters. The Labute approximate surface area is 125 Å². The molecule has 1 saturated carbocycles. The predicted octanol–water partition coefficient (Wildman–Crippen LogP) is 3.26. The smallest absolute Gasteiger partial charge is 0.0576 e. The molecular weight excluding hydrogens is 248 g/mol. The zero-order chi connectivity index (χ0) is 14.5. The Balaban J connectivity index is 1.80. The number of rotatable bonds is 12. The molecule has 2 N–H and O–H groups in total. The van der Waals surface area contributed by atoms with E-state index in [0.29, 0.717) is 6.10 Å². The monoisotopic (exact) mass is 282 g/mol. The van der Waals surface area contributed by atoms with Gasteiger partial charge in [0.05, 0.1) is 6.10 Å². The molecule has 1 rings (SSSR count). The number of hydrogen-bond acceptors (Lipinski definition) is 3. The first kappa shape index (κ1) is 17.7. The molecule has 0 heterocycles. The zero-order valence-electron chi connectivity index (χ0n) is 13.3. The standard InChI is InChI=1S/C17H34N2O/c1-3-4-13-19-14-7-5-6-8-15-20-17-11-9-16(18-2)10-12-17/h3,16-19H,1,4-15H2,2H3. The lowest BCUT2D eigenvalue weighted by atomic mass is 9.93. The molecule has 0 aliphatic heterocycles. The van der Waals surface area contributed by atoms with Crippen molar-refractivity contribution in [2.45, 2.75) is 69.9 Å². The van der Waals surface area contributed by atoms with E-state index < -0.39 is 0 Å². The minimum atomic E-state index is 0.528. The van der Waals surface area contributed by atoms with Crippen LogP contribution in [0.2, 0.25) is 0 Å². The van der Waals surface area contributed by atoms with Gasteiger partial charge in [-0.1, -0.05) is 18.9 Å². The van der Waals surface area contributed by atoms with E-state index in [-0.39, 0.29) is 0 Å². The van der Waals surface area contributed by atoms with Gasteiger partial charge in [0.1, 0.15) is 0 Å². The summed E-state index contributed by atoms with van der Waals surface area (Å²) >= 11 is 0. The number of ether oxygens (including phenoxy) is 1. The van der Waals surface area contributed by atoms with Crippen molar-refractivity contribution in [3.63, 3.8) is 0 Å². The maximum absolute atomic E-state index is 5.98. The van der Waals surface area contributed by atoms with E-state index in [0.717, 1.165) is 32.2 Å². The van der Waals surface area contributed by atoms with Crippen molar-refractivity contribution in [3.05, 3.63) is 12.7 Å². The third-order valence-electron chi connectivity index (χ3n) is 4.21. The van der Waals surface area contributed by atoms with Gasteiger partial charge in [-0.05, 0) is 65.1 Å². The second-order valence-electron chi connectivity index (χ2n) is 5.87. The molecule has 0 amide bonds. The molecular formula is C17H34N2O. The minimum absolute atomic E-state index is 0.528. The van der Waals surface area contributed by atoms with Crippen molar-refractivity contribution in [1.82, 2.24) is 10.6 Å². The molecule has 3 heteroatoms. The molecule has 3 nitrogen and oxygen atoms in total. The summed E-state index contributed by atoms with van der Waals surface area (Å²) in [5.41, 5.74) is 0. The lowest BCUT2D eigenvalue weighted by Crippen LogP contribution is -2.33. The summed E-state index contributed by atoms with van der Waals surface area (Å²) < 4.78 is 5.98. The zero-order valence-corrected chi connectivity index (χ0v) is 13.3. The number of nitrogens with one attached hydrogen (secondary N) is 2. The first-order valence-electron chi connectivity index (χ1n) is 8.47. The highest BCUT2D eigenvalue weighted by Gasteiger charge is 2.19. The summed E-state index contributed by atoms with van der Waals surface area (Å²) in [5.74, 6) is 0. The van der Waals surface area contributed by atoms with E-state index in [4.69, 9.17) is 4.74 Å².